The van der Waals surface area contributed by atoms with Crippen LogP contribution in [0.25, 0.3) is 22.3 Å². The number of carbonyl (C=O) groups is 2. The molecule has 29 heavy (non-hydrogen) atoms. The second kappa shape index (κ2) is 8.32. The van der Waals surface area contributed by atoms with Crippen molar-refractivity contribution in [1.29, 1.82) is 0 Å². The number of aliphatic carboxylic acids is 1. The maximum absolute atomic E-state index is 12.7. The predicted octanol–water partition coefficient (Wildman–Crippen LogP) is 4.28. The molecular formula is C20H15N3O3S3. The highest BCUT2D eigenvalue weighted by Crippen LogP contribution is 2.35. The Hall–Kier alpha value is -2.75. The monoisotopic (exact) mass is 441 g/mol. The predicted molar refractivity (Wildman–Crippen MR) is 119 cm³/mol. The Bertz CT molecular complexity index is 1100. The first-order valence-corrected chi connectivity index (χ1v) is 10.8. The first kappa shape index (κ1) is 19.6. The molecule has 0 radical (unpaired) electrons. The number of thiocarbonyl (C=S) groups is 1. The maximum Gasteiger partial charge on any atom is 0.305 e. The van der Waals surface area contributed by atoms with Crippen molar-refractivity contribution in [3.05, 3.63) is 64.5 Å². The van der Waals surface area contributed by atoms with E-state index >= 15 is 0 Å². The zero-order valence-electron chi connectivity index (χ0n) is 15.0. The molecule has 0 saturated carbocycles. The lowest BCUT2D eigenvalue weighted by atomic mass is 10.2. The van der Waals surface area contributed by atoms with Crippen LogP contribution in [-0.2, 0) is 9.59 Å². The molecule has 0 spiro atoms. The third-order valence-corrected chi connectivity index (χ3v) is 6.48. The fourth-order valence-electron chi connectivity index (χ4n) is 2.85. The van der Waals surface area contributed by atoms with Gasteiger partial charge in [0, 0.05) is 18.3 Å². The van der Waals surface area contributed by atoms with Gasteiger partial charge in [-0.3, -0.25) is 14.5 Å². The normalized spacial score (nSPS) is 15.4. The molecule has 0 unspecified atom stereocenters. The molecule has 6 nitrogen and oxygen atoms in total. The van der Waals surface area contributed by atoms with Crippen molar-refractivity contribution in [2.24, 2.45) is 0 Å². The van der Waals surface area contributed by atoms with Gasteiger partial charge >= 0.3 is 5.97 Å². The van der Waals surface area contributed by atoms with E-state index in [0.717, 1.165) is 21.8 Å². The van der Waals surface area contributed by atoms with E-state index in [1.807, 2.05) is 54.0 Å². The van der Waals surface area contributed by atoms with Gasteiger partial charge < -0.3 is 5.11 Å². The number of rotatable bonds is 6. The molecule has 4 rings (SSSR count). The molecule has 0 aliphatic carbocycles. The number of carbonyl (C=O) groups excluding carboxylic acids is 1. The van der Waals surface area contributed by atoms with Crippen LogP contribution in [0.15, 0.2) is 58.9 Å². The number of thioether (sulfide) groups is 1. The molecule has 146 valence electrons. The van der Waals surface area contributed by atoms with E-state index in [1.165, 1.54) is 16.7 Å². The van der Waals surface area contributed by atoms with Gasteiger partial charge in [0.2, 0.25) is 0 Å². The van der Waals surface area contributed by atoms with Crippen LogP contribution in [0.5, 0.6) is 0 Å². The van der Waals surface area contributed by atoms with E-state index in [1.54, 1.807) is 22.1 Å². The fraction of sp³-hybridized carbons (Fsp3) is 0.100. The number of carboxylic acid groups (broad SMARTS) is 1. The van der Waals surface area contributed by atoms with Crippen molar-refractivity contribution in [3.8, 4) is 16.3 Å². The summed E-state index contributed by atoms with van der Waals surface area (Å²) in [6, 6.07) is 13.7. The molecule has 3 aromatic rings. The first-order chi connectivity index (χ1) is 14.0. The zero-order chi connectivity index (χ0) is 20.4. The van der Waals surface area contributed by atoms with Crippen LogP contribution in [0.4, 0.5) is 0 Å². The Kier molecular flexibility index (Phi) is 5.61. The van der Waals surface area contributed by atoms with Crippen molar-refractivity contribution in [3.63, 3.8) is 0 Å². The van der Waals surface area contributed by atoms with Crippen molar-refractivity contribution >= 4 is 57.6 Å². The van der Waals surface area contributed by atoms with Crippen LogP contribution in [0.1, 0.15) is 12.0 Å². The molecule has 1 amide bonds. The fourth-order valence-corrected chi connectivity index (χ4v) is 4.88. The zero-order valence-corrected chi connectivity index (χ0v) is 17.5. The average Bonchev–Trinajstić information content (AvgIpc) is 3.42. The SMILES string of the molecule is O=C(O)CCN1C(=O)/C(=C/c2cn(-c3ccccc3)nc2-c2cccs2)SC1=S. The topological polar surface area (TPSA) is 75.4 Å². The summed E-state index contributed by atoms with van der Waals surface area (Å²) in [5, 5.41) is 15.6. The van der Waals surface area contributed by atoms with Gasteiger partial charge in [-0.1, -0.05) is 48.2 Å². The van der Waals surface area contributed by atoms with Crippen molar-refractivity contribution in [1.82, 2.24) is 14.7 Å². The Morgan fingerprint density at radius 3 is 2.69 bits per heavy atom. The quantitative estimate of drug-likeness (QED) is 0.455. The van der Waals surface area contributed by atoms with E-state index in [-0.39, 0.29) is 18.9 Å². The number of hydrogen-bond acceptors (Lipinski definition) is 6. The summed E-state index contributed by atoms with van der Waals surface area (Å²) in [5.74, 6) is -1.24. The number of carboxylic acids is 1. The van der Waals surface area contributed by atoms with Crippen molar-refractivity contribution in [2.75, 3.05) is 6.54 Å². The second-order valence-electron chi connectivity index (χ2n) is 6.17. The van der Waals surface area contributed by atoms with Gasteiger partial charge in [-0.25, -0.2) is 4.68 Å². The lowest BCUT2D eigenvalue weighted by molar-refractivity contribution is -0.137. The largest absolute Gasteiger partial charge is 0.481 e. The molecule has 1 N–H and O–H groups in total. The maximum atomic E-state index is 12.7. The Labute approximate surface area is 180 Å². The van der Waals surface area contributed by atoms with E-state index in [4.69, 9.17) is 22.4 Å². The van der Waals surface area contributed by atoms with Crippen LogP contribution >= 0.6 is 35.3 Å². The van der Waals surface area contributed by atoms with Gasteiger partial charge in [0.25, 0.3) is 5.91 Å². The summed E-state index contributed by atoms with van der Waals surface area (Å²) in [6.07, 6.45) is 3.52. The molecule has 3 heterocycles. The number of para-hydroxylation sites is 1. The highest BCUT2D eigenvalue weighted by molar-refractivity contribution is 8.26. The van der Waals surface area contributed by atoms with Crippen molar-refractivity contribution < 1.29 is 14.7 Å². The van der Waals surface area contributed by atoms with Crippen LogP contribution in [0.2, 0.25) is 0 Å². The highest BCUT2D eigenvalue weighted by atomic mass is 32.2. The molecule has 1 aliphatic rings. The number of nitrogens with zero attached hydrogens (tertiary/aromatic N) is 3. The van der Waals surface area contributed by atoms with Crippen LogP contribution < -0.4 is 0 Å². The summed E-state index contributed by atoms with van der Waals surface area (Å²) in [6.45, 7) is 0.0679. The highest BCUT2D eigenvalue weighted by Gasteiger charge is 2.32. The van der Waals surface area contributed by atoms with Crippen LogP contribution in [0, 0.1) is 0 Å². The summed E-state index contributed by atoms with van der Waals surface area (Å²) in [5.41, 5.74) is 2.49. The minimum Gasteiger partial charge on any atom is -0.481 e. The average molecular weight is 442 g/mol. The summed E-state index contributed by atoms with van der Waals surface area (Å²) >= 11 is 8.03. The molecule has 9 heteroatoms. The Morgan fingerprint density at radius 2 is 2.00 bits per heavy atom. The third kappa shape index (κ3) is 4.16. The van der Waals surface area contributed by atoms with Gasteiger partial charge in [-0.15, -0.1) is 11.3 Å². The molecule has 1 saturated heterocycles. The standard InChI is InChI=1S/C20H15N3O3S3/c24-17(25)8-9-22-19(26)16(29-20(22)27)11-13-12-23(14-5-2-1-3-6-14)21-18(13)15-7-4-10-28-15/h1-7,10-12H,8-9H2,(H,24,25)/b16-11-. The van der Waals surface area contributed by atoms with E-state index in [0.29, 0.717) is 9.23 Å². The van der Waals surface area contributed by atoms with Crippen molar-refractivity contribution in [2.45, 2.75) is 6.42 Å². The van der Waals surface area contributed by atoms with Gasteiger partial charge in [0.05, 0.1) is 21.9 Å². The summed E-state index contributed by atoms with van der Waals surface area (Å²) < 4.78 is 2.15. The summed E-state index contributed by atoms with van der Waals surface area (Å²) in [7, 11) is 0. The molecule has 0 atom stereocenters. The van der Waals surface area contributed by atoms with Gasteiger partial charge in [0.15, 0.2) is 0 Å². The molecular weight excluding hydrogens is 426 g/mol. The van der Waals surface area contributed by atoms with Gasteiger partial charge in [0.1, 0.15) is 10.0 Å². The molecule has 1 aromatic carbocycles. The van der Waals surface area contributed by atoms with Crippen LogP contribution in [0.3, 0.4) is 0 Å². The van der Waals surface area contributed by atoms with Crippen LogP contribution in [-0.4, -0.2) is 42.5 Å². The van der Waals surface area contributed by atoms with E-state index < -0.39 is 5.97 Å². The molecule has 2 aromatic heterocycles. The lowest BCUT2D eigenvalue weighted by Gasteiger charge is -2.12. The first-order valence-electron chi connectivity index (χ1n) is 8.69. The summed E-state index contributed by atoms with van der Waals surface area (Å²) in [4.78, 5) is 26.4. The Balaban J connectivity index is 1.71. The van der Waals surface area contributed by atoms with E-state index in [2.05, 4.69) is 0 Å². The minimum absolute atomic E-state index is 0.0679. The molecule has 1 aliphatic heterocycles. The molecule has 1 fully saturated rings. The minimum atomic E-state index is -0.966. The smallest absolute Gasteiger partial charge is 0.305 e. The number of thiophene rings is 1. The third-order valence-electron chi connectivity index (χ3n) is 4.23. The number of hydrogen-bond donors (Lipinski definition) is 1. The number of benzene rings is 1. The van der Waals surface area contributed by atoms with E-state index in [9.17, 15) is 9.59 Å². The van der Waals surface area contributed by atoms with Gasteiger partial charge in [-0.2, -0.15) is 5.10 Å². The number of aromatic nitrogens is 2. The number of amides is 1. The Morgan fingerprint density at radius 1 is 1.21 bits per heavy atom. The lowest BCUT2D eigenvalue weighted by Crippen LogP contribution is -2.30. The van der Waals surface area contributed by atoms with Gasteiger partial charge in [-0.05, 0) is 29.7 Å². The second-order valence-corrected chi connectivity index (χ2v) is 8.79. The molecule has 0 bridgehead atoms.